The van der Waals surface area contributed by atoms with Crippen molar-refractivity contribution in [3.8, 4) is 11.5 Å². The van der Waals surface area contributed by atoms with Gasteiger partial charge in [-0.1, -0.05) is 6.07 Å². The quantitative estimate of drug-likeness (QED) is 0.908. The molecule has 1 aromatic heterocycles. The van der Waals surface area contributed by atoms with Crippen LogP contribution in [0.25, 0.3) is 0 Å². The van der Waals surface area contributed by atoms with Crippen LogP contribution in [-0.4, -0.2) is 27.6 Å². The number of aryl methyl sites for hydroxylation is 1. The van der Waals surface area contributed by atoms with Gasteiger partial charge in [0.25, 0.3) is 0 Å². The van der Waals surface area contributed by atoms with Crippen LogP contribution in [0.1, 0.15) is 21.7 Å². The van der Waals surface area contributed by atoms with Crippen molar-refractivity contribution in [3.63, 3.8) is 0 Å². The molecule has 0 spiro atoms. The van der Waals surface area contributed by atoms with Gasteiger partial charge in [-0.05, 0) is 30.7 Å². The Hall–Kier alpha value is -2.50. The smallest absolute Gasteiger partial charge is 0.356 e. The van der Waals surface area contributed by atoms with Crippen molar-refractivity contribution in [1.82, 2.24) is 9.78 Å². The molecule has 2 aromatic rings. The summed E-state index contributed by atoms with van der Waals surface area (Å²) in [6, 6.07) is 7.18. The van der Waals surface area contributed by atoms with Gasteiger partial charge in [-0.2, -0.15) is 5.10 Å². The van der Waals surface area contributed by atoms with Crippen LogP contribution in [0.3, 0.4) is 0 Å². The Morgan fingerprint density at radius 2 is 2.16 bits per heavy atom. The molecule has 0 amide bonds. The third kappa shape index (κ3) is 2.12. The number of hydrogen-bond donors (Lipinski definition) is 1. The molecule has 1 aromatic carbocycles. The highest BCUT2D eigenvalue weighted by Crippen LogP contribution is 2.32. The van der Waals surface area contributed by atoms with Gasteiger partial charge in [0.1, 0.15) is 0 Å². The lowest BCUT2D eigenvalue weighted by molar-refractivity contribution is 0.0689. The molecule has 3 rings (SSSR count). The van der Waals surface area contributed by atoms with E-state index >= 15 is 0 Å². The highest BCUT2D eigenvalue weighted by molar-refractivity contribution is 5.85. The second kappa shape index (κ2) is 4.31. The summed E-state index contributed by atoms with van der Waals surface area (Å²) >= 11 is 0. The molecule has 1 N–H and O–H groups in total. The minimum Gasteiger partial charge on any atom is -0.476 e. The molecule has 0 atom stereocenters. The van der Waals surface area contributed by atoms with E-state index in [2.05, 4.69) is 5.10 Å². The van der Waals surface area contributed by atoms with Crippen molar-refractivity contribution < 1.29 is 19.4 Å². The minimum absolute atomic E-state index is 0.0539. The zero-order valence-corrected chi connectivity index (χ0v) is 10.3. The minimum atomic E-state index is -1.02. The second-order valence-corrected chi connectivity index (χ2v) is 4.32. The van der Waals surface area contributed by atoms with E-state index < -0.39 is 5.97 Å². The summed E-state index contributed by atoms with van der Waals surface area (Å²) < 4.78 is 12.2. The first-order valence-corrected chi connectivity index (χ1v) is 5.80. The average molecular weight is 260 g/mol. The van der Waals surface area contributed by atoms with E-state index in [-0.39, 0.29) is 12.5 Å². The fourth-order valence-corrected chi connectivity index (χ4v) is 1.99. The number of aromatic nitrogens is 2. The van der Waals surface area contributed by atoms with Crippen molar-refractivity contribution in [2.24, 2.45) is 0 Å². The Morgan fingerprint density at radius 3 is 2.89 bits per heavy atom. The third-order valence-electron chi connectivity index (χ3n) is 2.97. The van der Waals surface area contributed by atoms with Gasteiger partial charge in [0, 0.05) is 5.69 Å². The van der Waals surface area contributed by atoms with Crippen molar-refractivity contribution in [3.05, 3.63) is 41.2 Å². The van der Waals surface area contributed by atoms with E-state index in [1.54, 1.807) is 10.7 Å². The van der Waals surface area contributed by atoms with Crippen LogP contribution in [0.15, 0.2) is 24.3 Å². The standard InChI is InChI=1S/C13H12N2O4/c1-8-4-10(13(16)17)14-15(8)6-9-2-3-11-12(5-9)19-7-18-11/h2-5H,6-7H2,1H3,(H,16,17). The summed E-state index contributed by atoms with van der Waals surface area (Å²) in [6.07, 6.45) is 0. The molecule has 98 valence electrons. The highest BCUT2D eigenvalue weighted by atomic mass is 16.7. The van der Waals surface area contributed by atoms with E-state index in [9.17, 15) is 4.79 Å². The van der Waals surface area contributed by atoms with Crippen molar-refractivity contribution in [1.29, 1.82) is 0 Å². The van der Waals surface area contributed by atoms with Gasteiger partial charge < -0.3 is 14.6 Å². The van der Waals surface area contributed by atoms with E-state index in [0.717, 1.165) is 17.0 Å². The van der Waals surface area contributed by atoms with Crippen LogP contribution >= 0.6 is 0 Å². The molecular weight excluding hydrogens is 248 g/mol. The lowest BCUT2D eigenvalue weighted by Crippen LogP contribution is -2.05. The number of nitrogens with zero attached hydrogens (tertiary/aromatic N) is 2. The van der Waals surface area contributed by atoms with Gasteiger partial charge in [-0.15, -0.1) is 0 Å². The number of ether oxygens (including phenoxy) is 2. The summed E-state index contributed by atoms with van der Waals surface area (Å²) in [6.45, 7) is 2.56. The molecule has 1 aliphatic rings. The highest BCUT2D eigenvalue weighted by Gasteiger charge is 2.15. The largest absolute Gasteiger partial charge is 0.476 e. The number of rotatable bonds is 3. The zero-order valence-electron chi connectivity index (χ0n) is 10.3. The topological polar surface area (TPSA) is 73.6 Å². The molecule has 0 saturated carbocycles. The van der Waals surface area contributed by atoms with E-state index in [0.29, 0.717) is 12.3 Å². The van der Waals surface area contributed by atoms with Crippen LogP contribution in [0.4, 0.5) is 0 Å². The van der Waals surface area contributed by atoms with Gasteiger partial charge in [0.05, 0.1) is 6.54 Å². The van der Waals surface area contributed by atoms with Gasteiger partial charge in [0.15, 0.2) is 17.2 Å². The summed E-state index contributed by atoms with van der Waals surface area (Å²) in [5, 5.41) is 12.9. The maximum absolute atomic E-state index is 10.9. The Kier molecular flexibility index (Phi) is 2.63. The molecule has 2 heterocycles. The van der Waals surface area contributed by atoms with Gasteiger partial charge >= 0.3 is 5.97 Å². The Bertz CT molecular complexity index is 648. The SMILES string of the molecule is Cc1cc(C(=O)O)nn1Cc1ccc2c(c1)OCO2. The van der Waals surface area contributed by atoms with Crippen molar-refractivity contribution >= 4 is 5.97 Å². The van der Waals surface area contributed by atoms with Gasteiger partial charge in [-0.3, -0.25) is 4.68 Å². The number of hydrogen-bond acceptors (Lipinski definition) is 4. The third-order valence-corrected chi connectivity index (χ3v) is 2.97. The summed E-state index contributed by atoms with van der Waals surface area (Å²) in [7, 11) is 0. The Morgan fingerprint density at radius 1 is 1.37 bits per heavy atom. The van der Waals surface area contributed by atoms with E-state index in [1.807, 2.05) is 25.1 Å². The molecule has 6 nitrogen and oxygen atoms in total. The predicted octanol–water partition coefficient (Wildman–Crippen LogP) is 1.67. The van der Waals surface area contributed by atoms with Crippen LogP contribution in [-0.2, 0) is 6.54 Å². The molecule has 0 aliphatic carbocycles. The van der Waals surface area contributed by atoms with Crippen molar-refractivity contribution in [2.45, 2.75) is 13.5 Å². The lowest BCUT2D eigenvalue weighted by Gasteiger charge is -2.05. The summed E-state index contributed by atoms with van der Waals surface area (Å²) in [5.74, 6) is 0.417. The van der Waals surface area contributed by atoms with Crippen LogP contribution < -0.4 is 9.47 Å². The molecule has 0 bridgehead atoms. The molecule has 0 radical (unpaired) electrons. The number of carbonyl (C=O) groups is 1. The first kappa shape index (κ1) is 11.6. The number of carboxylic acid groups (broad SMARTS) is 1. The number of fused-ring (bicyclic) bond motifs is 1. The first-order valence-electron chi connectivity index (χ1n) is 5.80. The monoisotopic (exact) mass is 260 g/mol. The molecule has 0 unspecified atom stereocenters. The maximum atomic E-state index is 10.9. The van der Waals surface area contributed by atoms with Crippen LogP contribution in [0.2, 0.25) is 0 Å². The number of aromatic carboxylic acids is 1. The maximum Gasteiger partial charge on any atom is 0.356 e. The summed E-state index contributed by atoms with van der Waals surface area (Å²) in [4.78, 5) is 10.9. The van der Waals surface area contributed by atoms with Gasteiger partial charge in [-0.25, -0.2) is 4.79 Å². The first-order chi connectivity index (χ1) is 9.13. The molecule has 1 aliphatic heterocycles. The second-order valence-electron chi connectivity index (χ2n) is 4.32. The summed E-state index contributed by atoms with van der Waals surface area (Å²) in [5.41, 5.74) is 1.83. The fourth-order valence-electron chi connectivity index (χ4n) is 1.99. The van der Waals surface area contributed by atoms with E-state index in [1.165, 1.54) is 0 Å². The number of carboxylic acids is 1. The zero-order chi connectivity index (χ0) is 13.4. The Balaban J connectivity index is 1.87. The average Bonchev–Trinajstić information content (AvgIpc) is 2.96. The molecular formula is C13H12N2O4. The van der Waals surface area contributed by atoms with Crippen molar-refractivity contribution in [2.75, 3.05) is 6.79 Å². The predicted molar refractivity (Wildman–Crippen MR) is 65.6 cm³/mol. The van der Waals surface area contributed by atoms with Crippen LogP contribution in [0.5, 0.6) is 11.5 Å². The fraction of sp³-hybridized carbons (Fsp3) is 0.231. The molecule has 19 heavy (non-hydrogen) atoms. The molecule has 6 heteroatoms. The van der Waals surface area contributed by atoms with E-state index in [4.69, 9.17) is 14.6 Å². The molecule has 0 fully saturated rings. The Labute approximate surface area is 109 Å². The van der Waals surface area contributed by atoms with Crippen LogP contribution in [0, 0.1) is 6.92 Å². The molecule has 0 saturated heterocycles. The number of benzene rings is 1. The lowest BCUT2D eigenvalue weighted by atomic mass is 10.2. The van der Waals surface area contributed by atoms with Gasteiger partial charge in [0.2, 0.25) is 6.79 Å². The normalized spacial score (nSPS) is 12.7.